The summed E-state index contributed by atoms with van der Waals surface area (Å²) >= 11 is 0. The molecule has 0 aliphatic carbocycles. The van der Waals surface area contributed by atoms with Crippen molar-refractivity contribution in [3.8, 4) is 33.6 Å². The Hall–Kier alpha value is -5.13. The molecule has 4 N–H and O–H groups in total. The molecule has 0 unspecified atom stereocenters. The van der Waals surface area contributed by atoms with Crippen molar-refractivity contribution < 1.29 is 23.9 Å². The van der Waals surface area contributed by atoms with Crippen molar-refractivity contribution in [3.05, 3.63) is 66.7 Å². The summed E-state index contributed by atoms with van der Waals surface area (Å²) in [5.74, 6) is 0.818. The van der Waals surface area contributed by atoms with Crippen molar-refractivity contribution in [2.24, 2.45) is 5.92 Å². The number of H-pyrrole nitrogens is 2. The molecule has 1 aliphatic rings. The highest BCUT2D eigenvalue weighted by atomic mass is 16.5. The van der Waals surface area contributed by atoms with Crippen molar-refractivity contribution in [1.82, 2.24) is 30.2 Å². The standard InChI is InChI=1S/C32H37N7O5/c1-5-44-32(42)38-30-34-18-25(36-30)23-14-10-21(11-15-23)20-8-12-22(13-9-20)24-17-33-28(35-24)26-7-6-16-39(26)29(40)27(19(2)3)37-31(41)43-4/h8-15,17-19,26-27H,5-7,16H2,1-4H3,(H,33,35)(H,37,41)(H2,34,36,38,42)/t26-,27-/m0/s1. The molecule has 4 aromatic rings. The number of benzene rings is 2. The van der Waals surface area contributed by atoms with Gasteiger partial charge in [0.15, 0.2) is 0 Å². The highest BCUT2D eigenvalue weighted by Gasteiger charge is 2.37. The molecule has 2 atom stereocenters. The maximum absolute atomic E-state index is 13.4. The molecule has 1 aliphatic heterocycles. The van der Waals surface area contributed by atoms with Gasteiger partial charge >= 0.3 is 12.2 Å². The third-order valence-electron chi connectivity index (χ3n) is 7.64. The van der Waals surface area contributed by atoms with E-state index in [2.05, 4.69) is 42.7 Å². The molecule has 1 fully saturated rings. The van der Waals surface area contributed by atoms with Gasteiger partial charge in [0.25, 0.3) is 0 Å². The minimum atomic E-state index is -0.676. The average molecular weight is 600 g/mol. The summed E-state index contributed by atoms with van der Waals surface area (Å²) < 4.78 is 9.61. The van der Waals surface area contributed by atoms with Crippen LogP contribution in [0.3, 0.4) is 0 Å². The first kappa shape index (κ1) is 30.3. The van der Waals surface area contributed by atoms with Crippen LogP contribution < -0.4 is 10.6 Å². The Bertz CT molecular complexity index is 1590. The van der Waals surface area contributed by atoms with Gasteiger partial charge in [-0.2, -0.15) is 0 Å². The van der Waals surface area contributed by atoms with Crippen LogP contribution in [-0.4, -0.2) is 69.2 Å². The summed E-state index contributed by atoms with van der Waals surface area (Å²) in [7, 11) is 1.29. The maximum atomic E-state index is 13.4. The SMILES string of the molecule is CCOC(=O)Nc1ncc(-c2ccc(-c3ccc(-c4cnc([C@@H]5CCCN5C(=O)[C@@H](NC(=O)OC)C(C)C)[nH]4)cc3)cc2)[nH]1. The number of aromatic nitrogens is 4. The molecule has 2 aromatic heterocycles. The lowest BCUT2D eigenvalue weighted by molar-refractivity contribution is -0.135. The van der Waals surface area contributed by atoms with Crippen molar-refractivity contribution in [3.63, 3.8) is 0 Å². The predicted molar refractivity (Wildman–Crippen MR) is 166 cm³/mol. The van der Waals surface area contributed by atoms with E-state index in [1.54, 1.807) is 24.2 Å². The fourth-order valence-corrected chi connectivity index (χ4v) is 5.33. The molecule has 12 nitrogen and oxygen atoms in total. The minimum Gasteiger partial charge on any atom is -0.453 e. The number of hydrogen-bond acceptors (Lipinski definition) is 7. The largest absolute Gasteiger partial charge is 0.453 e. The number of alkyl carbamates (subject to hydrolysis) is 1. The normalized spacial score (nSPS) is 15.2. The summed E-state index contributed by atoms with van der Waals surface area (Å²) in [5, 5.41) is 5.24. The lowest BCUT2D eigenvalue weighted by Crippen LogP contribution is -2.51. The molecule has 1 saturated heterocycles. The van der Waals surface area contributed by atoms with Gasteiger partial charge in [-0.05, 0) is 47.9 Å². The summed E-state index contributed by atoms with van der Waals surface area (Å²) in [6.07, 6.45) is 3.92. The number of likely N-dealkylation sites (tertiary alicyclic amines) is 1. The van der Waals surface area contributed by atoms with E-state index in [1.165, 1.54) is 7.11 Å². The van der Waals surface area contributed by atoms with E-state index < -0.39 is 18.2 Å². The quantitative estimate of drug-likeness (QED) is 0.191. The summed E-state index contributed by atoms with van der Waals surface area (Å²) in [4.78, 5) is 54.0. The number of nitrogens with one attached hydrogen (secondary N) is 4. The lowest BCUT2D eigenvalue weighted by Gasteiger charge is -2.30. The number of imidazole rings is 2. The van der Waals surface area contributed by atoms with Gasteiger partial charge in [-0.3, -0.25) is 10.1 Å². The van der Waals surface area contributed by atoms with Crippen molar-refractivity contribution >= 4 is 24.0 Å². The van der Waals surface area contributed by atoms with E-state index in [0.717, 1.165) is 52.3 Å². The number of anilines is 1. The van der Waals surface area contributed by atoms with Crippen LogP contribution in [0.15, 0.2) is 60.9 Å². The Kier molecular flexibility index (Phi) is 9.27. The summed E-state index contributed by atoms with van der Waals surface area (Å²) in [6.45, 7) is 6.42. The van der Waals surface area contributed by atoms with E-state index in [9.17, 15) is 14.4 Å². The third kappa shape index (κ3) is 6.74. The summed E-state index contributed by atoms with van der Waals surface area (Å²) in [6, 6.07) is 15.4. The number of methoxy groups -OCH3 is 1. The molecule has 44 heavy (non-hydrogen) atoms. The number of carbonyl (C=O) groups excluding carboxylic acids is 3. The van der Waals surface area contributed by atoms with Crippen LogP contribution in [-0.2, 0) is 14.3 Å². The smallest absolute Gasteiger partial charge is 0.413 e. The Balaban J connectivity index is 1.25. The number of ether oxygens (including phenoxy) is 2. The molecule has 0 bridgehead atoms. The second kappa shape index (κ2) is 13.4. The topological polar surface area (TPSA) is 154 Å². The average Bonchev–Trinajstić information content (AvgIpc) is 3.81. The van der Waals surface area contributed by atoms with Crippen LogP contribution >= 0.6 is 0 Å². The van der Waals surface area contributed by atoms with Gasteiger partial charge in [-0.1, -0.05) is 62.4 Å². The maximum Gasteiger partial charge on any atom is 0.413 e. The highest BCUT2D eigenvalue weighted by Crippen LogP contribution is 2.33. The van der Waals surface area contributed by atoms with E-state index in [4.69, 9.17) is 9.47 Å². The zero-order valence-corrected chi connectivity index (χ0v) is 25.2. The van der Waals surface area contributed by atoms with E-state index in [-0.39, 0.29) is 24.5 Å². The molecule has 3 amide bonds. The Morgan fingerprint density at radius 3 is 2.09 bits per heavy atom. The number of rotatable bonds is 9. The van der Waals surface area contributed by atoms with Crippen molar-refractivity contribution in [1.29, 1.82) is 0 Å². The van der Waals surface area contributed by atoms with Gasteiger partial charge in [0, 0.05) is 6.54 Å². The Morgan fingerprint density at radius 1 is 0.909 bits per heavy atom. The summed E-state index contributed by atoms with van der Waals surface area (Å²) in [5.41, 5.74) is 5.65. The van der Waals surface area contributed by atoms with Crippen LogP contribution in [0.2, 0.25) is 0 Å². The number of nitrogens with zero attached hydrogens (tertiary/aromatic N) is 3. The third-order valence-corrected chi connectivity index (χ3v) is 7.64. The fraction of sp³-hybridized carbons (Fsp3) is 0.344. The van der Waals surface area contributed by atoms with Crippen LogP contribution in [0.4, 0.5) is 15.5 Å². The monoisotopic (exact) mass is 599 g/mol. The molecule has 5 rings (SSSR count). The number of hydrogen-bond donors (Lipinski definition) is 4. The number of aromatic amines is 2. The molecule has 0 saturated carbocycles. The van der Waals surface area contributed by atoms with Gasteiger partial charge in [0.1, 0.15) is 11.9 Å². The molecule has 2 aromatic carbocycles. The van der Waals surface area contributed by atoms with Gasteiger partial charge < -0.3 is 29.7 Å². The van der Waals surface area contributed by atoms with Crippen LogP contribution in [0.25, 0.3) is 33.6 Å². The molecule has 230 valence electrons. The number of amides is 3. The predicted octanol–water partition coefficient (Wildman–Crippen LogP) is 5.75. The molecular formula is C32H37N7O5. The first-order valence-electron chi connectivity index (χ1n) is 14.7. The van der Waals surface area contributed by atoms with Crippen LogP contribution in [0.5, 0.6) is 0 Å². The van der Waals surface area contributed by atoms with Gasteiger partial charge in [0.2, 0.25) is 11.9 Å². The fourth-order valence-electron chi connectivity index (χ4n) is 5.33. The van der Waals surface area contributed by atoms with Gasteiger partial charge in [-0.25, -0.2) is 19.6 Å². The molecule has 0 spiro atoms. The lowest BCUT2D eigenvalue weighted by atomic mass is 10.0. The van der Waals surface area contributed by atoms with Crippen molar-refractivity contribution in [2.75, 3.05) is 25.6 Å². The van der Waals surface area contributed by atoms with Gasteiger partial charge in [0.05, 0.1) is 43.5 Å². The second-order valence-corrected chi connectivity index (χ2v) is 10.9. The van der Waals surface area contributed by atoms with Crippen LogP contribution in [0.1, 0.15) is 45.5 Å². The van der Waals surface area contributed by atoms with E-state index >= 15 is 0 Å². The first-order chi connectivity index (χ1) is 21.3. The molecule has 12 heteroatoms. The first-order valence-corrected chi connectivity index (χ1v) is 14.7. The molecular weight excluding hydrogens is 562 g/mol. The van der Waals surface area contributed by atoms with E-state index in [1.807, 2.05) is 50.2 Å². The zero-order chi connectivity index (χ0) is 31.2. The number of carbonyl (C=O) groups is 3. The minimum absolute atomic E-state index is 0.0943. The van der Waals surface area contributed by atoms with E-state index in [0.29, 0.717) is 12.5 Å². The zero-order valence-electron chi connectivity index (χ0n) is 25.2. The molecule has 3 heterocycles. The molecule has 0 radical (unpaired) electrons. The van der Waals surface area contributed by atoms with Gasteiger partial charge in [-0.15, -0.1) is 0 Å². The second-order valence-electron chi connectivity index (χ2n) is 10.9. The highest BCUT2D eigenvalue weighted by molar-refractivity contribution is 5.86. The Labute approximate surface area is 255 Å². The van der Waals surface area contributed by atoms with Crippen LogP contribution in [0, 0.1) is 5.92 Å². The van der Waals surface area contributed by atoms with Crippen molar-refractivity contribution in [2.45, 2.75) is 45.7 Å². The Morgan fingerprint density at radius 2 is 1.50 bits per heavy atom.